The van der Waals surface area contributed by atoms with Gasteiger partial charge in [0.1, 0.15) is 0 Å². The first-order chi connectivity index (χ1) is 19.4. The summed E-state index contributed by atoms with van der Waals surface area (Å²) in [7, 11) is 0. The number of hydrogen-bond donors (Lipinski definition) is 0. The van der Waals surface area contributed by atoms with Crippen LogP contribution in [0.3, 0.4) is 0 Å². The number of halogens is 1. The van der Waals surface area contributed by atoms with Crippen LogP contribution in [0.4, 0.5) is 0 Å². The van der Waals surface area contributed by atoms with Crippen molar-refractivity contribution in [1.82, 2.24) is 4.90 Å². The molecule has 0 aromatic heterocycles. The van der Waals surface area contributed by atoms with Crippen LogP contribution in [0, 0.1) is 14.4 Å². The Labute approximate surface area is 258 Å². The van der Waals surface area contributed by atoms with Gasteiger partial charge in [0.25, 0.3) is 0 Å². The predicted molar refractivity (Wildman–Crippen MR) is 171 cm³/mol. The standard InChI is InChI=1S/C35H42INO4/c1-7-40-29-17-23(16-24(36)33(29)41-8-2)30-31-25(18-34(3,4)20-27(31)38)37(15-14-22-12-10-9-11-13-22)26-19-35(5,6)21-28(39)32(26)30/h9-13,16-17,30H,7-8,14-15,18-21H2,1-6H3. The number of hydrogen-bond acceptors (Lipinski definition) is 5. The molecule has 0 amide bonds. The number of ether oxygens (including phenoxy) is 2. The maximum absolute atomic E-state index is 14.1. The van der Waals surface area contributed by atoms with Crippen LogP contribution in [0.15, 0.2) is 65.0 Å². The average Bonchev–Trinajstić information content (AvgIpc) is 2.88. The fourth-order valence-electron chi connectivity index (χ4n) is 6.84. The third-order valence-corrected chi connectivity index (χ3v) is 9.24. The molecule has 0 saturated carbocycles. The molecule has 0 saturated heterocycles. The lowest BCUT2D eigenvalue weighted by atomic mass is 9.63. The number of Topliss-reactive ketones (excluding diaryl/α,β-unsaturated/α-hetero) is 2. The van der Waals surface area contributed by atoms with Gasteiger partial charge in [0.15, 0.2) is 23.1 Å². The molecule has 0 unspecified atom stereocenters. The average molecular weight is 668 g/mol. The highest BCUT2D eigenvalue weighted by Crippen LogP contribution is 2.55. The number of nitrogens with zero attached hydrogens (tertiary/aromatic N) is 1. The van der Waals surface area contributed by atoms with Crippen molar-refractivity contribution in [1.29, 1.82) is 0 Å². The van der Waals surface area contributed by atoms with Crippen molar-refractivity contribution in [2.45, 2.75) is 79.6 Å². The van der Waals surface area contributed by atoms with E-state index in [9.17, 15) is 9.59 Å². The smallest absolute Gasteiger partial charge is 0.174 e. The van der Waals surface area contributed by atoms with E-state index in [0.29, 0.717) is 31.8 Å². The van der Waals surface area contributed by atoms with Gasteiger partial charge in [-0.2, -0.15) is 0 Å². The zero-order chi connectivity index (χ0) is 29.5. The highest BCUT2D eigenvalue weighted by atomic mass is 127. The molecule has 2 aromatic carbocycles. The summed E-state index contributed by atoms with van der Waals surface area (Å²) in [5.74, 6) is 1.28. The largest absolute Gasteiger partial charge is 0.490 e. The molecule has 218 valence electrons. The summed E-state index contributed by atoms with van der Waals surface area (Å²) in [5, 5.41) is 0. The molecule has 0 radical (unpaired) electrons. The van der Waals surface area contributed by atoms with Crippen molar-refractivity contribution in [3.63, 3.8) is 0 Å². The lowest BCUT2D eigenvalue weighted by Gasteiger charge is -2.49. The van der Waals surface area contributed by atoms with Crippen molar-refractivity contribution >= 4 is 34.2 Å². The van der Waals surface area contributed by atoms with E-state index in [1.807, 2.05) is 26.0 Å². The van der Waals surface area contributed by atoms with Crippen molar-refractivity contribution in [2.24, 2.45) is 10.8 Å². The third kappa shape index (κ3) is 5.99. The molecule has 0 spiro atoms. The molecule has 5 nitrogen and oxygen atoms in total. The van der Waals surface area contributed by atoms with E-state index in [1.165, 1.54) is 5.56 Å². The molecular weight excluding hydrogens is 625 g/mol. The Morgan fingerprint density at radius 2 is 1.39 bits per heavy atom. The molecule has 2 aliphatic carbocycles. The van der Waals surface area contributed by atoms with Crippen molar-refractivity contribution < 1.29 is 19.1 Å². The molecule has 0 N–H and O–H groups in total. The number of rotatable bonds is 8. The van der Waals surface area contributed by atoms with Gasteiger partial charge in [0.05, 0.1) is 16.8 Å². The molecule has 1 heterocycles. The van der Waals surface area contributed by atoms with Gasteiger partial charge in [-0.3, -0.25) is 9.59 Å². The van der Waals surface area contributed by atoms with Crippen LogP contribution in [-0.2, 0) is 16.0 Å². The summed E-state index contributed by atoms with van der Waals surface area (Å²) in [5.41, 5.74) is 5.67. The van der Waals surface area contributed by atoms with Gasteiger partial charge in [0, 0.05) is 47.8 Å². The number of benzene rings is 2. The molecule has 0 bridgehead atoms. The molecule has 0 fully saturated rings. The van der Waals surface area contributed by atoms with Crippen LogP contribution in [0.1, 0.15) is 84.3 Å². The van der Waals surface area contributed by atoms with E-state index in [4.69, 9.17) is 9.47 Å². The number of carbonyl (C=O) groups excluding carboxylic acids is 2. The molecule has 41 heavy (non-hydrogen) atoms. The monoisotopic (exact) mass is 667 g/mol. The first-order valence-corrected chi connectivity index (χ1v) is 16.0. The van der Waals surface area contributed by atoms with Gasteiger partial charge in [-0.15, -0.1) is 0 Å². The predicted octanol–water partition coefficient (Wildman–Crippen LogP) is 8.02. The Kier molecular flexibility index (Phi) is 8.44. The molecular formula is C35H42INO4. The van der Waals surface area contributed by atoms with Crippen molar-refractivity contribution in [3.8, 4) is 11.5 Å². The highest BCUT2D eigenvalue weighted by molar-refractivity contribution is 14.1. The molecule has 3 aliphatic rings. The number of ketones is 2. The van der Waals surface area contributed by atoms with Crippen molar-refractivity contribution in [2.75, 3.05) is 19.8 Å². The zero-order valence-corrected chi connectivity index (χ0v) is 27.4. The van der Waals surface area contributed by atoms with Crippen LogP contribution < -0.4 is 9.47 Å². The Hall–Kier alpha value is -2.61. The fourth-order valence-corrected chi connectivity index (χ4v) is 7.62. The lowest BCUT2D eigenvalue weighted by molar-refractivity contribution is -0.119. The highest BCUT2D eigenvalue weighted by Gasteiger charge is 2.49. The fraction of sp³-hybridized carbons (Fsp3) is 0.486. The van der Waals surface area contributed by atoms with E-state index in [1.54, 1.807) is 0 Å². The molecule has 6 heteroatoms. The third-order valence-electron chi connectivity index (χ3n) is 8.44. The normalized spacial score (nSPS) is 20.2. The Morgan fingerprint density at radius 3 is 1.93 bits per heavy atom. The molecule has 5 rings (SSSR count). The maximum atomic E-state index is 14.1. The minimum atomic E-state index is -0.399. The zero-order valence-electron chi connectivity index (χ0n) is 25.2. The second kappa shape index (κ2) is 11.6. The molecule has 1 aliphatic heterocycles. The van der Waals surface area contributed by atoms with Gasteiger partial charge in [-0.05, 0) is 89.8 Å². The first kappa shape index (κ1) is 29.9. The van der Waals surface area contributed by atoms with Crippen LogP contribution in [0.25, 0.3) is 0 Å². The van der Waals surface area contributed by atoms with Crippen LogP contribution in [0.5, 0.6) is 11.5 Å². The van der Waals surface area contributed by atoms with E-state index >= 15 is 0 Å². The van der Waals surface area contributed by atoms with Gasteiger partial charge in [-0.1, -0.05) is 58.0 Å². The van der Waals surface area contributed by atoms with E-state index in [0.717, 1.165) is 63.2 Å². The Morgan fingerprint density at radius 1 is 0.829 bits per heavy atom. The van der Waals surface area contributed by atoms with Crippen LogP contribution in [-0.4, -0.2) is 36.2 Å². The minimum absolute atomic E-state index is 0.150. The molecule has 2 aromatic rings. The summed E-state index contributed by atoms with van der Waals surface area (Å²) in [6.07, 6.45) is 3.40. The maximum Gasteiger partial charge on any atom is 0.174 e. The second-order valence-electron chi connectivity index (χ2n) is 13.1. The summed E-state index contributed by atoms with van der Waals surface area (Å²) in [6.45, 7) is 14.4. The summed E-state index contributed by atoms with van der Waals surface area (Å²) in [6, 6.07) is 14.6. The van der Waals surface area contributed by atoms with Crippen LogP contribution in [0.2, 0.25) is 0 Å². The molecule has 0 atom stereocenters. The van der Waals surface area contributed by atoms with Gasteiger partial charge >= 0.3 is 0 Å². The summed E-state index contributed by atoms with van der Waals surface area (Å²) in [4.78, 5) is 30.7. The van der Waals surface area contributed by atoms with Gasteiger partial charge in [-0.25, -0.2) is 0 Å². The van der Waals surface area contributed by atoms with Gasteiger partial charge < -0.3 is 14.4 Å². The number of carbonyl (C=O) groups is 2. The minimum Gasteiger partial charge on any atom is -0.490 e. The van der Waals surface area contributed by atoms with E-state index in [2.05, 4.69) is 85.5 Å². The van der Waals surface area contributed by atoms with Crippen molar-refractivity contribution in [3.05, 3.63) is 79.7 Å². The summed E-state index contributed by atoms with van der Waals surface area (Å²) < 4.78 is 12.9. The van der Waals surface area contributed by atoms with E-state index < -0.39 is 5.92 Å². The number of allylic oxidation sites excluding steroid dienone is 4. The Balaban J connectivity index is 1.73. The van der Waals surface area contributed by atoms with Gasteiger partial charge in [0.2, 0.25) is 0 Å². The second-order valence-corrected chi connectivity index (χ2v) is 14.3. The van der Waals surface area contributed by atoms with Crippen LogP contribution >= 0.6 is 22.6 Å². The quantitative estimate of drug-likeness (QED) is 0.267. The van der Waals surface area contributed by atoms with E-state index in [-0.39, 0.29) is 22.4 Å². The topological polar surface area (TPSA) is 55.8 Å². The first-order valence-electron chi connectivity index (χ1n) is 14.9. The summed E-state index contributed by atoms with van der Waals surface area (Å²) >= 11 is 2.29. The lowest BCUT2D eigenvalue weighted by Crippen LogP contribution is -2.45. The Bertz CT molecular complexity index is 1370. The SMILES string of the molecule is CCOc1cc(C2C3=C(CC(C)(C)CC3=O)N(CCc3ccccc3)C3=C2C(=O)CC(C)(C)C3)cc(I)c1OCC.